The predicted octanol–water partition coefficient (Wildman–Crippen LogP) is 5.15. The molecular formula is C25H26BrNO5. The zero-order valence-corrected chi connectivity index (χ0v) is 19.6. The van der Waals surface area contributed by atoms with E-state index in [9.17, 15) is 5.11 Å². The summed E-state index contributed by atoms with van der Waals surface area (Å²) in [4.78, 5) is 0. The number of fused-ring (bicyclic) bond motifs is 1. The predicted molar refractivity (Wildman–Crippen MR) is 125 cm³/mol. The number of rotatable bonds is 9. The number of aliphatic hydroxyl groups is 1. The van der Waals surface area contributed by atoms with Crippen LogP contribution in [-0.2, 0) is 6.54 Å². The first-order valence-corrected chi connectivity index (χ1v) is 11.2. The van der Waals surface area contributed by atoms with Gasteiger partial charge in [0.1, 0.15) is 12.7 Å². The van der Waals surface area contributed by atoms with Crippen molar-refractivity contribution in [1.29, 1.82) is 0 Å². The number of nitrogens with one attached hydrogen (secondary N) is 1. The molecule has 0 aliphatic carbocycles. The van der Waals surface area contributed by atoms with Crippen LogP contribution in [0.5, 0.6) is 23.0 Å². The summed E-state index contributed by atoms with van der Waals surface area (Å²) in [6, 6.07) is 19.8. The highest BCUT2D eigenvalue weighted by Crippen LogP contribution is 2.38. The average Bonchev–Trinajstić information content (AvgIpc) is 3.29. The van der Waals surface area contributed by atoms with Crippen LogP contribution in [0, 0.1) is 0 Å². The van der Waals surface area contributed by atoms with Crippen molar-refractivity contribution in [2.75, 3.05) is 20.5 Å². The van der Waals surface area contributed by atoms with Crippen LogP contribution in [0.1, 0.15) is 35.8 Å². The molecule has 0 saturated carbocycles. The summed E-state index contributed by atoms with van der Waals surface area (Å²) in [6.07, 6.45) is -0.825. The first kappa shape index (κ1) is 22.5. The largest absolute Gasteiger partial charge is 0.493 e. The first-order chi connectivity index (χ1) is 15.5. The first-order valence-electron chi connectivity index (χ1n) is 10.4. The van der Waals surface area contributed by atoms with Gasteiger partial charge in [-0.05, 0) is 63.8 Å². The summed E-state index contributed by atoms with van der Waals surface area (Å²) in [5, 5.41) is 14.1. The van der Waals surface area contributed by atoms with Crippen LogP contribution in [0.25, 0.3) is 0 Å². The highest BCUT2D eigenvalue weighted by atomic mass is 79.9. The molecule has 168 valence electrons. The van der Waals surface area contributed by atoms with E-state index in [1.807, 2.05) is 30.3 Å². The number of benzene rings is 3. The van der Waals surface area contributed by atoms with E-state index in [1.165, 1.54) is 5.56 Å². The minimum atomic E-state index is -0.825. The minimum Gasteiger partial charge on any atom is -0.493 e. The molecule has 2 unspecified atom stereocenters. The van der Waals surface area contributed by atoms with E-state index in [2.05, 4.69) is 40.3 Å². The van der Waals surface area contributed by atoms with E-state index in [0.29, 0.717) is 35.1 Å². The second-order valence-electron chi connectivity index (χ2n) is 7.56. The van der Waals surface area contributed by atoms with Gasteiger partial charge in [0.05, 0.1) is 11.6 Å². The molecule has 3 aromatic carbocycles. The number of methoxy groups -OCH3 is 1. The molecule has 32 heavy (non-hydrogen) atoms. The zero-order chi connectivity index (χ0) is 22.5. The van der Waals surface area contributed by atoms with E-state index < -0.39 is 6.10 Å². The Morgan fingerprint density at radius 2 is 1.81 bits per heavy atom. The smallest absolute Gasteiger partial charge is 0.231 e. The maximum Gasteiger partial charge on any atom is 0.231 e. The quantitative estimate of drug-likeness (QED) is 0.424. The van der Waals surface area contributed by atoms with Crippen LogP contribution < -0.4 is 24.3 Å². The maximum absolute atomic E-state index is 10.6. The molecule has 0 spiro atoms. The lowest BCUT2D eigenvalue weighted by Gasteiger charge is -2.18. The van der Waals surface area contributed by atoms with Crippen molar-refractivity contribution >= 4 is 15.9 Å². The molecule has 4 rings (SSSR count). The van der Waals surface area contributed by atoms with Crippen molar-refractivity contribution in [3.8, 4) is 23.0 Å². The molecular weight excluding hydrogens is 474 g/mol. The number of aliphatic hydroxyl groups excluding tert-OH is 1. The van der Waals surface area contributed by atoms with Crippen molar-refractivity contribution in [1.82, 2.24) is 5.32 Å². The summed E-state index contributed by atoms with van der Waals surface area (Å²) >= 11 is 3.59. The van der Waals surface area contributed by atoms with Crippen molar-refractivity contribution in [2.45, 2.75) is 25.6 Å². The Balaban J connectivity index is 1.40. The Hall–Kier alpha value is -2.74. The lowest BCUT2D eigenvalue weighted by molar-refractivity contribution is 0.105. The zero-order valence-electron chi connectivity index (χ0n) is 18.0. The van der Waals surface area contributed by atoms with Gasteiger partial charge in [0.25, 0.3) is 0 Å². The molecule has 2 N–H and O–H groups in total. The Labute approximate surface area is 196 Å². The van der Waals surface area contributed by atoms with E-state index in [4.69, 9.17) is 18.9 Å². The van der Waals surface area contributed by atoms with Gasteiger partial charge in [-0.25, -0.2) is 0 Å². The van der Waals surface area contributed by atoms with E-state index >= 15 is 0 Å². The molecule has 1 heterocycles. The Morgan fingerprint density at radius 1 is 1.03 bits per heavy atom. The van der Waals surface area contributed by atoms with Gasteiger partial charge in [-0.3, -0.25) is 0 Å². The van der Waals surface area contributed by atoms with Crippen molar-refractivity contribution in [2.24, 2.45) is 0 Å². The van der Waals surface area contributed by atoms with Gasteiger partial charge in [-0.2, -0.15) is 0 Å². The molecule has 1 aliphatic rings. The molecule has 2 atom stereocenters. The highest BCUT2D eigenvalue weighted by Gasteiger charge is 2.19. The fourth-order valence-electron chi connectivity index (χ4n) is 3.52. The summed E-state index contributed by atoms with van der Waals surface area (Å²) in [7, 11) is 1.60. The van der Waals surface area contributed by atoms with Gasteiger partial charge in [-0.15, -0.1) is 0 Å². The van der Waals surface area contributed by atoms with Crippen LogP contribution >= 0.6 is 15.9 Å². The van der Waals surface area contributed by atoms with Crippen LogP contribution in [-0.4, -0.2) is 25.6 Å². The van der Waals surface area contributed by atoms with E-state index in [-0.39, 0.29) is 19.4 Å². The van der Waals surface area contributed by atoms with Gasteiger partial charge in [0, 0.05) is 12.6 Å². The van der Waals surface area contributed by atoms with E-state index in [0.717, 1.165) is 10.0 Å². The van der Waals surface area contributed by atoms with E-state index in [1.54, 1.807) is 25.3 Å². The maximum atomic E-state index is 10.6. The van der Waals surface area contributed by atoms with Crippen molar-refractivity contribution < 1.29 is 24.1 Å². The number of hydrogen-bond donors (Lipinski definition) is 2. The van der Waals surface area contributed by atoms with Crippen LogP contribution in [0.15, 0.2) is 65.1 Å². The minimum absolute atomic E-state index is 0.0667. The second kappa shape index (κ2) is 10.3. The third-order valence-electron chi connectivity index (χ3n) is 5.37. The third kappa shape index (κ3) is 5.18. The molecule has 0 fully saturated rings. The van der Waals surface area contributed by atoms with Gasteiger partial charge < -0.3 is 29.4 Å². The summed E-state index contributed by atoms with van der Waals surface area (Å²) in [6.45, 7) is 3.07. The number of halogens is 1. The van der Waals surface area contributed by atoms with Gasteiger partial charge in [0.15, 0.2) is 23.0 Å². The van der Waals surface area contributed by atoms with Crippen LogP contribution in [0.3, 0.4) is 0 Å². The summed E-state index contributed by atoms with van der Waals surface area (Å²) < 4.78 is 22.9. The topological polar surface area (TPSA) is 69.2 Å². The highest BCUT2D eigenvalue weighted by molar-refractivity contribution is 9.10. The lowest BCUT2D eigenvalue weighted by atomic mass is 10.1. The van der Waals surface area contributed by atoms with Crippen LogP contribution in [0.4, 0.5) is 0 Å². The Morgan fingerprint density at radius 3 is 2.59 bits per heavy atom. The van der Waals surface area contributed by atoms with Crippen molar-refractivity contribution in [3.63, 3.8) is 0 Å². The fraction of sp³-hybridized carbons (Fsp3) is 0.280. The SMILES string of the molecule is COc1cc(CNC(C)c2ccccc2)cc(Br)c1OCC(O)c1ccc2c(c1)OCO2. The van der Waals surface area contributed by atoms with Gasteiger partial charge >= 0.3 is 0 Å². The number of ether oxygens (including phenoxy) is 4. The van der Waals surface area contributed by atoms with Gasteiger partial charge in [0.2, 0.25) is 6.79 Å². The molecule has 3 aromatic rings. The number of hydrogen-bond acceptors (Lipinski definition) is 6. The molecule has 0 radical (unpaired) electrons. The molecule has 6 nitrogen and oxygen atoms in total. The third-order valence-corrected chi connectivity index (χ3v) is 5.96. The fourth-order valence-corrected chi connectivity index (χ4v) is 4.13. The standard InChI is InChI=1S/C25H26BrNO5/c1-16(18-6-4-3-5-7-18)27-13-17-10-20(26)25(24(11-17)29-2)30-14-21(28)19-8-9-22-23(12-19)32-15-31-22/h3-12,16,21,27-28H,13-15H2,1-2H3. The molecule has 1 aliphatic heterocycles. The average molecular weight is 500 g/mol. The molecule has 0 aromatic heterocycles. The normalized spacial score (nSPS) is 14.1. The Kier molecular flexibility index (Phi) is 7.19. The summed E-state index contributed by atoms with van der Waals surface area (Å²) in [5.74, 6) is 2.45. The monoisotopic (exact) mass is 499 g/mol. The lowest BCUT2D eigenvalue weighted by Crippen LogP contribution is -2.18. The molecule has 0 bridgehead atoms. The summed E-state index contributed by atoms with van der Waals surface area (Å²) in [5.41, 5.74) is 2.98. The van der Waals surface area contributed by atoms with Gasteiger partial charge in [-0.1, -0.05) is 36.4 Å². The Bertz CT molecular complexity index is 1060. The molecule has 7 heteroatoms. The van der Waals surface area contributed by atoms with Crippen molar-refractivity contribution in [3.05, 3.63) is 81.8 Å². The van der Waals surface area contributed by atoms with Crippen LogP contribution in [0.2, 0.25) is 0 Å². The second-order valence-corrected chi connectivity index (χ2v) is 8.42. The molecule has 0 amide bonds. The molecule has 0 saturated heterocycles.